The molecule has 1 aliphatic heterocycles. The van der Waals surface area contributed by atoms with Gasteiger partial charge in [-0.2, -0.15) is 0 Å². The maximum atomic E-state index is 13.0. The predicted molar refractivity (Wildman–Crippen MR) is 105 cm³/mol. The van der Waals surface area contributed by atoms with Crippen molar-refractivity contribution in [1.29, 1.82) is 0 Å². The van der Waals surface area contributed by atoms with Crippen LogP contribution in [0.15, 0.2) is 78.9 Å². The van der Waals surface area contributed by atoms with Gasteiger partial charge in [0.15, 0.2) is 0 Å². The molecule has 1 heterocycles. The topological polar surface area (TPSA) is 32.3 Å². The number of nitrogens with one attached hydrogen (secondary N) is 1. The summed E-state index contributed by atoms with van der Waals surface area (Å²) in [5, 5.41) is 3.55. The van der Waals surface area contributed by atoms with E-state index in [4.69, 9.17) is 0 Å². The van der Waals surface area contributed by atoms with Crippen LogP contribution in [0.2, 0.25) is 0 Å². The first kappa shape index (κ1) is 16.4. The van der Waals surface area contributed by atoms with Gasteiger partial charge < -0.3 is 10.2 Å². The predicted octanol–water partition coefficient (Wildman–Crippen LogP) is 5.02. The third kappa shape index (κ3) is 3.08. The lowest BCUT2D eigenvalue weighted by Crippen LogP contribution is -2.31. The molecule has 3 aromatic rings. The number of aryl methyl sites for hydroxylation is 1. The van der Waals surface area contributed by atoms with Gasteiger partial charge in [-0.15, -0.1) is 0 Å². The molecular weight excluding hydrogens is 320 g/mol. The summed E-state index contributed by atoms with van der Waals surface area (Å²) in [5.41, 5.74) is 5.27. The molecule has 26 heavy (non-hydrogen) atoms. The Bertz CT molecular complexity index is 903. The highest BCUT2D eigenvalue weighted by Crippen LogP contribution is 2.35. The van der Waals surface area contributed by atoms with Crippen LogP contribution in [-0.2, 0) is 13.0 Å². The van der Waals surface area contributed by atoms with Gasteiger partial charge in [0, 0.05) is 23.4 Å². The molecule has 3 nitrogen and oxygen atoms in total. The second kappa shape index (κ2) is 7.04. The fourth-order valence-electron chi connectivity index (χ4n) is 3.46. The van der Waals surface area contributed by atoms with Crippen molar-refractivity contribution < 1.29 is 4.79 Å². The average molecular weight is 342 g/mol. The van der Waals surface area contributed by atoms with Crippen molar-refractivity contribution in [3.8, 4) is 0 Å². The number of amides is 1. The largest absolute Gasteiger partial charge is 0.361 e. The van der Waals surface area contributed by atoms with Crippen LogP contribution in [0.4, 0.5) is 5.69 Å². The lowest BCUT2D eigenvalue weighted by molar-refractivity contribution is 0.0729. The van der Waals surface area contributed by atoms with Gasteiger partial charge in [-0.3, -0.25) is 4.79 Å². The molecule has 0 radical (unpaired) electrons. The van der Waals surface area contributed by atoms with E-state index in [-0.39, 0.29) is 12.1 Å². The minimum absolute atomic E-state index is 0.0760. The molecule has 0 saturated heterocycles. The summed E-state index contributed by atoms with van der Waals surface area (Å²) in [5.74, 6) is 0.0760. The highest BCUT2D eigenvalue weighted by Gasteiger charge is 2.36. The smallest absolute Gasteiger partial charge is 0.256 e. The van der Waals surface area contributed by atoms with Gasteiger partial charge >= 0.3 is 0 Å². The van der Waals surface area contributed by atoms with Crippen molar-refractivity contribution in [2.45, 2.75) is 26.1 Å². The molecule has 130 valence electrons. The number of rotatable bonds is 5. The Morgan fingerprint density at radius 2 is 1.54 bits per heavy atom. The van der Waals surface area contributed by atoms with Crippen molar-refractivity contribution in [3.05, 3.63) is 101 Å². The van der Waals surface area contributed by atoms with E-state index < -0.39 is 0 Å². The Labute approximate surface area is 154 Å². The normalized spacial score (nSPS) is 15.8. The molecule has 0 spiro atoms. The summed E-state index contributed by atoms with van der Waals surface area (Å²) in [6.07, 6.45) is 0.858. The highest BCUT2D eigenvalue weighted by atomic mass is 16.2. The third-order valence-corrected chi connectivity index (χ3v) is 4.92. The van der Waals surface area contributed by atoms with E-state index >= 15 is 0 Å². The van der Waals surface area contributed by atoms with Crippen molar-refractivity contribution in [3.63, 3.8) is 0 Å². The summed E-state index contributed by atoms with van der Waals surface area (Å²) in [6, 6.07) is 26.4. The number of carbonyl (C=O) groups is 1. The highest BCUT2D eigenvalue weighted by molar-refractivity contribution is 5.99. The molecule has 0 aromatic heterocycles. The standard InChI is InChI=1S/C23H22N2O/c1-2-17-12-14-19(15-13-17)24-22-20-10-6-7-11-21(20)23(26)25(22)16-18-8-4-3-5-9-18/h3-15,22,24H,2,16H2,1H3. The minimum atomic E-state index is -0.161. The zero-order valence-corrected chi connectivity index (χ0v) is 14.9. The van der Waals surface area contributed by atoms with Crippen molar-refractivity contribution >= 4 is 11.6 Å². The second-order valence-corrected chi connectivity index (χ2v) is 6.60. The van der Waals surface area contributed by atoms with E-state index in [0.717, 1.165) is 28.8 Å². The van der Waals surface area contributed by atoms with Gasteiger partial charge in [-0.1, -0.05) is 67.6 Å². The number of carbonyl (C=O) groups excluding carboxylic acids is 1. The summed E-state index contributed by atoms with van der Waals surface area (Å²) < 4.78 is 0. The fraction of sp³-hybridized carbons (Fsp3) is 0.174. The zero-order chi connectivity index (χ0) is 17.9. The molecule has 1 unspecified atom stereocenters. The van der Waals surface area contributed by atoms with Crippen LogP contribution in [0, 0.1) is 0 Å². The van der Waals surface area contributed by atoms with Gasteiger partial charge in [0.05, 0.1) is 0 Å². The quantitative estimate of drug-likeness (QED) is 0.706. The van der Waals surface area contributed by atoms with Crippen LogP contribution >= 0.6 is 0 Å². The molecular formula is C23H22N2O. The van der Waals surface area contributed by atoms with Crippen molar-refractivity contribution in [1.82, 2.24) is 4.90 Å². The number of hydrogen-bond acceptors (Lipinski definition) is 2. The summed E-state index contributed by atoms with van der Waals surface area (Å²) in [7, 11) is 0. The van der Waals surface area contributed by atoms with E-state index in [1.165, 1.54) is 5.56 Å². The first-order chi connectivity index (χ1) is 12.8. The summed E-state index contributed by atoms with van der Waals surface area (Å²) in [6.45, 7) is 2.73. The summed E-state index contributed by atoms with van der Waals surface area (Å²) >= 11 is 0. The zero-order valence-electron chi connectivity index (χ0n) is 14.9. The summed E-state index contributed by atoms with van der Waals surface area (Å²) in [4.78, 5) is 14.9. The van der Waals surface area contributed by atoms with Crippen LogP contribution in [0.3, 0.4) is 0 Å². The van der Waals surface area contributed by atoms with Gasteiger partial charge in [0.1, 0.15) is 6.17 Å². The van der Waals surface area contributed by atoms with E-state index in [0.29, 0.717) is 6.54 Å². The molecule has 3 heteroatoms. The van der Waals surface area contributed by atoms with Crippen molar-refractivity contribution in [2.24, 2.45) is 0 Å². The first-order valence-electron chi connectivity index (χ1n) is 9.05. The Kier molecular flexibility index (Phi) is 4.44. The van der Waals surface area contributed by atoms with E-state index in [1.54, 1.807) is 0 Å². The Morgan fingerprint density at radius 1 is 0.846 bits per heavy atom. The third-order valence-electron chi connectivity index (χ3n) is 4.92. The number of fused-ring (bicyclic) bond motifs is 1. The molecule has 3 aromatic carbocycles. The average Bonchev–Trinajstić information content (AvgIpc) is 2.95. The van der Waals surface area contributed by atoms with Gasteiger partial charge in [-0.25, -0.2) is 0 Å². The Hall–Kier alpha value is -3.07. The molecule has 0 aliphatic carbocycles. The van der Waals surface area contributed by atoms with E-state index in [9.17, 15) is 4.79 Å². The van der Waals surface area contributed by atoms with E-state index in [2.05, 4.69) is 48.6 Å². The van der Waals surface area contributed by atoms with Gasteiger partial charge in [0.2, 0.25) is 0 Å². The lowest BCUT2D eigenvalue weighted by Gasteiger charge is -2.27. The Balaban J connectivity index is 1.66. The molecule has 0 saturated carbocycles. The van der Waals surface area contributed by atoms with Crippen LogP contribution in [0.25, 0.3) is 0 Å². The number of nitrogens with zero attached hydrogens (tertiary/aromatic N) is 1. The Morgan fingerprint density at radius 3 is 2.27 bits per heavy atom. The van der Waals surface area contributed by atoms with E-state index in [1.807, 2.05) is 47.4 Å². The van der Waals surface area contributed by atoms with Crippen molar-refractivity contribution in [2.75, 3.05) is 5.32 Å². The number of hydrogen-bond donors (Lipinski definition) is 1. The maximum Gasteiger partial charge on any atom is 0.256 e. The fourth-order valence-corrected chi connectivity index (χ4v) is 3.46. The molecule has 1 amide bonds. The maximum absolute atomic E-state index is 13.0. The van der Waals surface area contributed by atoms with Gasteiger partial charge in [0.25, 0.3) is 5.91 Å². The number of anilines is 1. The molecule has 1 atom stereocenters. The molecule has 0 fully saturated rings. The van der Waals surface area contributed by atoms with Crippen LogP contribution < -0.4 is 5.32 Å². The van der Waals surface area contributed by atoms with Crippen LogP contribution in [-0.4, -0.2) is 10.8 Å². The van der Waals surface area contributed by atoms with Crippen LogP contribution in [0.5, 0.6) is 0 Å². The molecule has 4 rings (SSSR count). The first-order valence-corrected chi connectivity index (χ1v) is 9.05. The molecule has 0 bridgehead atoms. The molecule has 1 N–H and O–H groups in total. The second-order valence-electron chi connectivity index (χ2n) is 6.60. The monoisotopic (exact) mass is 342 g/mol. The SMILES string of the molecule is CCc1ccc(NC2c3ccccc3C(=O)N2Cc2ccccc2)cc1. The van der Waals surface area contributed by atoms with Gasteiger partial charge in [-0.05, 0) is 35.7 Å². The number of benzene rings is 3. The molecule has 1 aliphatic rings. The minimum Gasteiger partial charge on any atom is -0.361 e. The van der Waals surface area contributed by atoms with Crippen LogP contribution in [0.1, 0.15) is 40.1 Å². The lowest BCUT2D eigenvalue weighted by atomic mass is 10.1.